The normalized spacial score (nSPS) is 14.2. The number of rotatable bonds is 10. The Balaban J connectivity index is 1.46. The number of alkyl carbamates (subject to hydrolysis) is 1. The van der Waals surface area contributed by atoms with Crippen LogP contribution in [0.4, 0.5) is 4.79 Å². The molecule has 33 heavy (non-hydrogen) atoms. The monoisotopic (exact) mass is 454 g/mol. The lowest BCUT2D eigenvalue weighted by molar-refractivity contribution is -0.142. The number of fused-ring (bicyclic) bond motifs is 3. The molecule has 4 N–H and O–H groups in total. The van der Waals surface area contributed by atoms with Gasteiger partial charge in [0.15, 0.2) is 0 Å². The summed E-state index contributed by atoms with van der Waals surface area (Å²) in [5.41, 5.74) is 4.44. The molecule has 0 aliphatic heterocycles. The summed E-state index contributed by atoms with van der Waals surface area (Å²) in [5.74, 6) is -1.70. The van der Waals surface area contributed by atoms with Crippen LogP contribution in [-0.4, -0.2) is 53.5 Å². The standard InChI is InChI=1S/C25H30N2O6/c1-15(2)11-22(24(30)31)27-23(29)12-16(28)13-26-25(32)33-14-21-19-9-5-3-7-17(19)18-8-4-6-10-20(18)21/h3-10,15-16,21-22,28H,11-14H2,1-2H3,(H,26,32)(H,27,29)(H,30,31). The summed E-state index contributed by atoms with van der Waals surface area (Å²) in [4.78, 5) is 35.5. The fourth-order valence-electron chi connectivity index (χ4n) is 4.08. The van der Waals surface area contributed by atoms with Gasteiger partial charge in [0, 0.05) is 12.5 Å². The summed E-state index contributed by atoms with van der Waals surface area (Å²) >= 11 is 0. The number of aliphatic hydroxyl groups is 1. The average Bonchev–Trinajstić information content (AvgIpc) is 3.09. The van der Waals surface area contributed by atoms with Gasteiger partial charge in [-0.1, -0.05) is 62.4 Å². The van der Waals surface area contributed by atoms with Gasteiger partial charge in [-0.25, -0.2) is 9.59 Å². The van der Waals surface area contributed by atoms with E-state index in [-0.39, 0.29) is 37.8 Å². The number of carbonyl (C=O) groups excluding carboxylic acids is 2. The van der Waals surface area contributed by atoms with E-state index in [1.54, 1.807) is 0 Å². The van der Waals surface area contributed by atoms with Crippen LogP contribution in [0, 0.1) is 5.92 Å². The molecular weight excluding hydrogens is 424 g/mol. The number of hydrogen-bond donors (Lipinski definition) is 4. The van der Waals surface area contributed by atoms with Crippen molar-refractivity contribution in [2.75, 3.05) is 13.2 Å². The first-order chi connectivity index (χ1) is 15.8. The van der Waals surface area contributed by atoms with Crippen LogP contribution in [0.2, 0.25) is 0 Å². The van der Waals surface area contributed by atoms with Crippen molar-refractivity contribution >= 4 is 18.0 Å². The van der Waals surface area contributed by atoms with Gasteiger partial charge in [-0.3, -0.25) is 4.79 Å². The molecule has 2 aromatic carbocycles. The zero-order valence-electron chi connectivity index (χ0n) is 18.8. The average molecular weight is 455 g/mol. The van der Waals surface area contributed by atoms with Crippen LogP contribution in [0.3, 0.4) is 0 Å². The van der Waals surface area contributed by atoms with E-state index >= 15 is 0 Å². The lowest BCUT2D eigenvalue weighted by Crippen LogP contribution is -2.44. The summed E-state index contributed by atoms with van der Waals surface area (Å²) in [7, 11) is 0. The molecule has 2 atom stereocenters. The Labute approximate surface area is 193 Å². The molecule has 176 valence electrons. The van der Waals surface area contributed by atoms with Gasteiger partial charge in [0.25, 0.3) is 0 Å². The van der Waals surface area contributed by atoms with E-state index in [4.69, 9.17) is 4.74 Å². The van der Waals surface area contributed by atoms with Gasteiger partial charge in [-0.15, -0.1) is 0 Å². The molecule has 2 unspecified atom stereocenters. The highest BCUT2D eigenvalue weighted by atomic mass is 16.5. The van der Waals surface area contributed by atoms with Crippen molar-refractivity contribution in [2.24, 2.45) is 5.92 Å². The predicted octanol–water partition coefficient (Wildman–Crippen LogP) is 2.89. The highest BCUT2D eigenvalue weighted by Gasteiger charge is 2.29. The molecule has 0 heterocycles. The van der Waals surface area contributed by atoms with Crippen molar-refractivity contribution in [1.29, 1.82) is 0 Å². The molecule has 1 aliphatic rings. The zero-order valence-corrected chi connectivity index (χ0v) is 18.8. The molecule has 0 fully saturated rings. The number of carboxylic acid groups (broad SMARTS) is 1. The van der Waals surface area contributed by atoms with Gasteiger partial charge in [-0.05, 0) is 34.6 Å². The van der Waals surface area contributed by atoms with Crippen LogP contribution in [0.5, 0.6) is 0 Å². The fourth-order valence-corrected chi connectivity index (χ4v) is 4.08. The van der Waals surface area contributed by atoms with E-state index in [0.29, 0.717) is 0 Å². The lowest BCUT2D eigenvalue weighted by Gasteiger charge is -2.18. The van der Waals surface area contributed by atoms with Gasteiger partial charge in [0.05, 0.1) is 12.5 Å². The third kappa shape index (κ3) is 6.32. The number of carboxylic acids is 1. The number of ether oxygens (including phenoxy) is 1. The second-order valence-corrected chi connectivity index (χ2v) is 8.65. The van der Waals surface area contributed by atoms with Crippen molar-refractivity contribution in [2.45, 2.75) is 44.8 Å². The van der Waals surface area contributed by atoms with Gasteiger partial charge in [0.2, 0.25) is 5.91 Å². The minimum atomic E-state index is -1.17. The zero-order chi connectivity index (χ0) is 24.0. The number of amides is 2. The van der Waals surface area contributed by atoms with Gasteiger partial charge in [-0.2, -0.15) is 0 Å². The van der Waals surface area contributed by atoms with Crippen molar-refractivity contribution in [3.8, 4) is 11.1 Å². The molecule has 0 aromatic heterocycles. The van der Waals surface area contributed by atoms with Crippen molar-refractivity contribution in [3.05, 3.63) is 59.7 Å². The summed E-state index contributed by atoms with van der Waals surface area (Å²) in [6.45, 7) is 3.67. The molecule has 8 heteroatoms. The van der Waals surface area contributed by atoms with Crippen LogP contribution in [-0.2, 0) is 14.3 Å². The van der Waals surface area contributed by atoms with Crippen LogP contribution in [0.15, 0.2) is 48.5 Å². The Morgan fingerprint density at radius 3 is 2.12 bits per heavy atom. The first-order valence-electron chi connectivity index (χ1n) is 11.0. The highest BCUT2D eigenvalue weighted by Crippen LogP contribution is 2.44. The van der Waals surface area contributed by atoms with Crippen LogP contribution < -0.4 is 10.6 Å². The van der Waals surface area contributed by atoms with E-state index < -0.39 is 30.1 Å². The maximum Gasteiger partial charge on any atom is 0.407 e. The second kappa shape index (κ2) is 11.0. The molecule has 0 radical (unpaired) electrons. The second-order valence-electron chi connectivity index (χ2n) is 8.65. The SMILES string of the molecule is CC(C)CC(NC(=O)CC(O)CNC(=O)OCC1c2ccccc2-c2ccccc21)C(=O)O. The highest BCUT2D eigenvalue weighted by molar-refractivity contribution is 5.84. The van der Waals surface area contributed by atoms with Crippen molar-refractivity contribution in [1.82, 2.24) is 10.6 Å². The molecule has 8 nitrogen and oxygen atoms in total. The van der Waals surface area contributed by atoms with Gasteiger partial charge >= 0.3 is 12.1 Å². The maximum absolute atomic E-state index is 12.2. The van der Waals surface area contributed by atoms with Crippen LogP contribution in [0.25, 0.3) is 11.1 Å². The Kier molecular flexibility index (Phi) is 8.06. The topological polar surface area (TPSA) is 125 Å². The number of aliphatic hydroxyl groups excluding tert-OH is 1. The third-order valence-electron chi connectivity index (χ3n) is 5.59. The molecule has 2 amide bonds. The first-order valence-corrected chi connectivity index (χ1v) is 11.0. The van der Waals surface area contributed by atoms with E-state index in [0.717, 1.165) is 22.3 Å². The first kappa shape index (κ1) is 24.3. The Hall–Kier alpha value is -3.39. The summed E-state index contributed by atoms with van der Waals surface area (Å²) < 4.78 is 5.40. The molecule has 0 saturated carbocycles. The molecule has 0 spiro atoms. The van der Waals surface area contributed by atoms with Crippen molar-refractivity contribution < 1.29 is 29.3 Å². The Bertz CT molecular complexity index is 960. The van der Waals surface area contributed by atoms with E-state index in [2.05, 4.69) is 10.6 Å². The summed E-state index contributed by atoms with van der Waals surface area (Å²) in [6.07, 6.45) is -1.90. The van der Waals surface area contributed by atoms with E-state index in [1.165, 1.54) is 0 Å². The fraction of sp³-hybridized carbons (Fsp3) is 0.400. The number of benzene rings is 2. The summed E-state index contributed by atoms with van der Waals surface area (Å²) in [5, 5.41) is 24.1. The number of carbonyl (C=O) groups is 3. The van der Waals surface area contributed by atoms with Crippen LogP contribution in [0.1, 0.15) is 43.7 Å². The van der Waals surface area contributed by atoms with Gasteiger partial charge in [0.1, 0.15) is 12.6 Å². The number of hydrogen-bond acceptors (Lipinski definition) is 5. The Morgan fingerprint density at radius 2 is 1.58 bits per heavy atom. The molecular formula is C25H30N2O6. The number of nitrogens with one attached hydrogen (secondary N) is 2. The largest absolute Gasteiger partial charge is 0.480 e. The molecule has 0 saturated heterocycles. The molecule has 0 bridgehead atoms. The minimum Gasteiger partial charge on any atom is -0.480 e. The molecule has 3 rings (SSSR count). The predicted molar refractivity (Wildman–Crippen MR) is 123 cm³/mol. The van der Waals surface area contributed by atoms with E-state index in [1.807, 2.05) is 62.4 Å². The number of aliphatic carboxylic acids is 1. The lowest BCUT2D eigenvalue weighted by atomic mass is 9.98. The smallest absolute Gasteiger partial charge is 0.407 e. The Morgan fingerprint density at radius 1 is 1.00 bits per heavy atom. The van der Waals surface area contributed by atoms with Crippen molar-refractivity contribution in [3.63, 3.8) is 0 Å². The summed E-state index contributed by atoms with van der Waals surface area (Å²) in [6, 6.07) is 15.0. The van der Waals surface area contributed by atoms with Gasteiger partial charge < -0.3 is 25.6 Å². The third-order valence-corrected chi connectivity index (χ3v) is 5.59. The maximum atomic E-state index is 12.2. The van der Waals surface area contributed by atoms with Crippen LogP contribution >= 0.6 is 0 Å². The quantitative estimate of drug-likeness (QED) is 0.438. The molecule has 1 aliphatic carbocycles. The minimum absolute atomic E-state index is 0.0761. The van der Waals surface area contributed by atoms with E-state index in [9.17, 15) is 24.6 Å². The molecule has 2 aromatic rings.